The first-order valence-corrected chi connectivity index (χ1v) is 9.56. The summed E-state index contributed by atoms with van der Waals surface area (Å²) in [5.74, 6) is 3.02. The predicted octanol–water partition coefficient (Wildman–Crippen LogP) is 6.13. The molecule has 0 aromatic rings. The van der Waals surface area contributed by atoms with Crippen molar-refractivity contribution in [2.24, 2.45) is 17.8 Å². The lowest BCUT2D eigenvalue weighted by molar-refractivity contribution is 0.00595. The maximum absolute atomic E-state index is 6.01. The van der Waals surface area contributed by atoms with E-state index in [4.69, 9.17) is 4.74 Å². The fourth-order valence-corrected chi connectivity index (χ4v) is 4.34. The second kappa shape index (κ2) is 9.66. The summed E-state index contributed by atoms with van der Waals surface area (Å²) >= 11 is 0. The van der Waals surface area contributed by atoms with E-state index in [0.717, 1.165) is 24.4 Å². The second-order valence-corrected chi connectivity index (χ2v) is 7.35. The zero-order chi connectivity index (χ0) is 14.9. The van der Waals surface area contributed by atoms with Crippen molar-refractivity contribution >= 4 is 0 Å². The fraction of sp³-hybridized carbons (Fsp3) is 0.900. The average molecular weight is 293 g/mol. The van der Waals surface area contributed by atoms with Crippen LogP contribution in [0.1, 0.15) is 84.5 Å². The molecule has 0 N–H and O–H groups in total. The van der Waals surface area contributed by atoms with Gasteiger partial charge in [0.15, 0.2) is 0 Å². The molecule has 2 aliphatic carbocycles. The van der Waals surface area contributed by atoms with E-state index in [1.54, 1.807) is 0 Å². The standard InChI is InChI=1S/C20H36O/c1-3-5-7-17-8-10-18(11-9-17)19-12-14-20(15-13-19)21-16-6-4-2/h3,5,17-20H,4,6-16H2,1-2H3/b5-3+. The molecule has 0 bridgehead atoms. The third-order valence-electron chi connectivity index (χ3n) is 5.83. The molecule has 0 spiro atoms. The molecule has 0 aliphatic heterocycles. The molecule has 0 atom stereocenters. The normalized spacial score (nSPS) is 34.4. The Morgan fingerprint density at radius 3 is 2.10 bits per heavy atom. The molecule has 1 nitrogen and oxygen atoms in total. The van der Waals surface area contributed by atoms with Crippen molar-refractivity contribution in [1.82, 2.24) is 0 Å². The van der Waals surface area contributed by atoms with E-state index in [0.29, 0.717) is 6.10 Å². The zero-order valence-electron chi connectivity index (χ0n) is 14.4. The van der Waals surface area contributed by atoms with E-state index in [-0.39, 0.29) is 0 Å². The van der Waals surface area contributed by atoms with Crippen molar-refractivity contribution in [3.05, 3.63) is 12.2 Å². The summed E-state index contributed by atoms with van der Waals surface area (Å²) in [5, 5.41) is 0. The van der Waals surface area contributed by atoms with Crippen molar-refractivity contribution in [3.63, 3.8) is 0 Å². The van der Waals surface area contributed by atoms with Crippen LogP contribution < -0.4 is 0 Å². The van der Waals surface area contributed by atoms with Gasteiger partial charge in [0.2, 0.25) is 0 Å². The molecule has 0 unspecified atom stereocenters. The lowest BCUT2D eigenvalue weighted by Crippen LogP contribution is -2.28. The van der Waals surface area contributed by atoms with Gasteiger partial charge in [0.1, 0.15) is 0 Å². The van der Waals surface area contributed by atoms with Crippen LogP contribution in [0.5, 0.6) is 0 Å². The highest BCUT2D eigenvalue weighted by atomic mass is 16.5. The summed E-state index contributed by atoms with van der Waals surface area (Å²) in [4.78, 5) is 0. The molecule has 0 heterocycles. The monoisotopic (exact) mass is 292 g/mol. The first-order valence-electron chi connectivity index (χ1n) is 9.56. The van der Waals surface area contributed by atoms with E-state index in [2.05, 4.69) is 26.0 Å². The molecule has 0 amide bonds. The van der Waals surface area contributed by atoms with Crippen LogP contribution in [-0.4, -0.2) is 12.7 Å². The van der Waals surface area contributed by atoms with Crippen LogP contribution in [0.2, 0.25) is 0 Å². The Morgan fingerprint density at radius 2 is 1.52 bits per heavy atom. The van der Waals surface area contributed by atoms with E-state index in [1.807, 2.05) is 0 Å². The average Bonchev–Trinajstić information content (AvgIpc) is 2.54. The molecule has 0 radical (unpaired) electrons. The Bertz CT molecular complexity index is 280. The van der Waals surface area contributed by atoms with Crippen LogP contribution in [0.3, 0.4) is 0 Å². The third-order valence-corrected chi connectivity index (χ3v) is 5.83. The number of hydrogen-bond donors (Lipinski definition) is 0. The van der Waals surface area contributed by atoms with Gasteiger partial charge in [-0.1, -0.05) is 25.5 Å². The first kappa shape index (κ1) is 17.1. The van der Waals surface area contributed by atoms with E-state index < -0.39 is 0 Å². The SMILES string of the molecule is C/C=C/CC1CCC(C2CCC(OCCCC)CC2)CC1. The number of unbranched alkanes of at least 4 members (excludes halogenated alkanes) is 1. The highest BCUT2D eigenvalue weighted by Gasteiger charge is 2.30. The molecular weight excluding hydrogens is 256 g/mol. The highest BCUT2D eigenvalue weighted by molar-refractivity contribution is 4.86. The lowest BCUT2D eigenvalue weighted by Gasteiger charge is -2.37. The summed E-state index contributed by atoms with van der Waals surface area (Å²) in [6.45, 7) is 5.38. The van der Waals surface area contributed by atoms with Gasteiger partial charge in [-0.25, -0.2) is 0 Å². The van der Waals surface area contributed by atoms with Crippen LogP contribution in [0.25, 0.3) is 0 Å². The van der Waals surface area contributed by atoms with Crippen molar-refractivity contribution in [3.8, 4) is 0 Å². The molecule has 21 heavy (non-hydrogen) atoms. The van der Waals surface area contributed by atoms with Gasteiger partial charge >= 0.3 is 0 Å². The van der Waals surface area contributed by atoms with Gasteiger partial charge in [0, 0.05) is 6.61 Å². The number of rotatable bonds is 7. The van der Waals surface area contributed by atoms with Crippen molar-refractivity contribution in [2.45, 2.75) is 90.6 Å². The molecule has 122 valence electrons. The topological polar surface area (TPSA) is 9.23 Å². The maximum atomic E-state index is 6.01. The summed E-state index contributed by atoms with van der Waals surface area (Å²) in [5.41, 5.74) is 0. The number of ether oxygens (including phenoxy) is 1. The van der Waals surface area contributed by atoms with Gasteiger partial charge in [0.25, 0.3) is 0 Å². The summed E-state index contributed by atoms with van der Waals surface area (Å²) in [7, 11) is 0. The third kappa shape index (κ3) is 5.77. The van der Waals surface area contributed by atoms with Crippen LogP contribution in [0, 0.1) is 17.8 Å². The summed E-state index contributed by atoms with van der Waals surface area (Å²) in [6, 6.07) is 0. The maximum Gasteiger partial charge on any atom is 0.0575 e. The number of allylic oxidation sites excluding steroid dienone is 2. The van der Waals surface area contributed by atoms with Gasteiger partial charge in [0.05, 0.1) is 6.10 Å². The van der Waals surface area contributed by atoms with Crippen molar-refractivity contribution in [1.29, 1.82) is 0 Å². The van der Waals surface area contributed by atoms with Crippen molar-refractivity contribution < 1.29 is 4.74 Å². The van der Waals surface area contributed by atoms with Gasteiger partial charge in [-0.05, 0) is 88.9 Å². The van der Waals surface area contributed by atoms with Crippen LogP contribution in [0.4, 0.5) is 0 Å². The Morgan fingerprint density at radius 1 is 0.905 bits per heavy atom. The minimum absolute atomic E-state index is 0.582. The Labute approximate surface area is 132 Å². The van der Waals surface area contributed by atoms with Crippen LogP contribution in [-0.2, 0) is 4.74 Å². The van der Waals surface area contributed by atoms with Crippen LogP contribution in [0.15, 0.2) is 12.2 Å². The molecule has 2 rings (SSSR count). The van der Waals surface area contributed by atoms with E-state index in [1.165, 1.54) is 70.6 Å². The first-order chi connectivity index (χ1) is 10.3. The minimum Gasteiger partial charge on any atom is -0.378 e. The van der Waals surface area contributed by atoms with Gasteiger partial charge in [-0.3, -0.25) is 0 Å². The van der Waals surface area contributed by atoms with Crippen molar-refractivity contribution in [2.75, 3.05) is 6.61 Å². The number of hydrogen-bond acceptors (Lipinski definition) is 1. The smallest absolute Gasteiger partial charge is 0.0575 e. The molecule has 1 heteroatoms. The fourth-order valence-electron chi connectivity index (χ4n) is 4.34. The molecular formula is C20H36O. The van der Waals surface area contributed by atoms with E-state index >= 15 is 0 Å². The summed E-state index contributed by atoms with van der Waals surface area (Å²) in [6.07, 6.45) is 20.4. The molecule has 0 aromatic heterocycles. The Hall–Kier alpha value is -0.300. The molecule has 2 saturated carbocycles. The van der Waals surface area contributed by atoms with E-state index in [9.17, 15) is 0 Å². The molecule has 0 saturated heterocycles. The van der Waals surface area contributed by atoms with Gasteiger partial charge in [-0.15, -0.1) is 0 Å². The molecule has 2 aliphatic rings. The van der Waals surface area contributed by atoms with Gasteiger partial charge < -0.3 is 4.74 Å². The molecule has 2 fully saturated rings. The van der Waals surface area contributed by atoms with Gasteiger partial charge in [-0.2, -0.15) is 0 Å². The largest absolute Gasteiger partial charge is 0.378 e. The van der Waals surface area contributed by atoms with Crippen LogP contribution >= 0.6 is 0 Å². The lowest BCUT2D eigenvalue weighted by atomic mass is 9.70. The molecule has 0 aromatic carbocycles. The zero-order valence-corrected chi connectivity index (χ0v) is 14.4. The minimum atomic E-state index is 0.582. The second-order valence-electron chi connectivity index (χ2n) is 7.35. The Balaban J connectivity index is 1.62. The summed E-state index contributed by atoms with van der Waals surface area (Å²) < 4.78 is 6.01. The Kier molecular flexibility index (Phi) is 7.85. The highest BCUT2D eigenvalue weighted by Crippen LogP contribution is 2.41. The predicted molar refractivity (Wildman–Crippen MR) is 91.5 cm³/mol. The quantitative estimate of drug-likeness (QED) is 0.405.